The largest absolute Gasteiger partial charge is 0.103 e. The average Bonchev–Trinajstić information content (AvgIpc) is 2.17. The molecule has 1 heteroatoms. The molecule has 0 radical (unpaired) electrons. The van der Waals surface area contributed by atoms with Crippen LogP contribution in [0.2, 0.25) is 19.6 Å². The van der Waals surface area contributed by atoms with Gasteiger partial charge in [-0.1, -0.05) is 56.3 Å². The van der Waals surface area contributed by atoms with Crippen LogP contribution in [0.3, 0.4) is 0 Å². The summed E-state index contributed by atoms with van der Waals surface area (Å²) in [5.41, 5.74) is 4.31. The maximum atomic E-state index is 3.90. The van der Waals surface area contributed by atoms with Crippen molar-refractivity contribution in [2.24, 2.45) is 5.92 Å². The molecule has 0 aromatic rings. The summed E-state index contributed by atoms with van der Waals surface area (Å²) in [6, 6.07) is 0. The van der Waals surface area contributed by atoms with Crippen molar-refractivity contribution < 1.29 is 0 Å². The van der Waals surface area contributed by atoms with E-state index in [0.717, 1.165) is 12.3 Å². The van der Waals surface area contributed by atoms with E-state index in [1.807, 2.05) is 0 Å². The van der Waals surface area contributed by atoms with E-state index < -0.39 is 8.07 Å². The summed E-state index contributed by atoms with van der Waals surface area (Å²) in [5, 5.41) is 0. The van der Waals surface area contributed by atoms with Crippen molar-refractivity contribution >= 4 is 8.07 Å². The van der Waals surface area contributed by atoms with E-state index in [4.69, 9.17) is 0 Å². The van der Waals surface area contributed by atoms with E-state index in [1.54, 1.807) is 5.57 Å². The Hall–Kier alpha value is -0.303. The van der Waals surface area contributed by atoms with E-state index >= 15 is 0 Å². The third kappa shape index (κ3) is 4.83. The van der Waals surface area contributed by atoms with E-state index in [2.05, 4.69) is 38.0 Å². The van der Waals surface area contributed by atoms with E-state index in [0.29, 0.717) is 0 Å². The van der Waals surface area contributed by atoms with Gasteiger partial charge in [0.2, 0.25) is 0 Å². The zero-order valence-corrected chi connectivity index (χ0v) is 11.7. The Labute approximate surface area is 96.5 Å². The topological polar surface area (TPSA) is 0 Å². The smallest absolute Gasteiger partial charge is 0.0686 e. The highest BCUT2D eigenvalue weighted by molar-refractivity contribution is 6.81. The molecule has 1 aliphatic carbocycles. The molecule has 0 aliphatic heterocycles. The van der Waals surface area contributed by atoms with Gasteiger partial charge in [-0.25, -0.2) is 0 Å². The minimum Gasteiger partial charge on any atom is -0.103 e. The van der Waals surface area contributed by atoms with Crippen molar-refractivity contribution in [3.8, 4) is 0 Å². The van der Waals surface area contributed by atoms with Gasteiger partial charge in [0.15, 0.2) is 0 Å². The molecule has 0 heterocycles. The van der Waals surface area contributed by atoms with Crippen LogP contribution in [-0.4, -0.2) is 8.07 Å². The highest BCUT2D eigenvalue weighted by atomic mass is 28.3. The van der Waals surface area contributed by atoms with E-state index in [1.165, 1.54) is 32.1 Å². The minimum absolute atomic E-state index is 0.878. The lowest BCUT2D eigenvalue weighted by Crippen LogP contribution is -2.20. The summed E-state index contributed by atoms with van der Waals surface area (Å²) in [6.45, 7) is 11.2. The fraction of sp³-hybridized carbons (Fsp3) is 0.714. The quantitative estimate of drug-likeness (QED) is 0.466. The van der Waals surface area contributed by atoms with Crippen LogP contribution in [0.1, 0.15) is 38.5 Å². The van der Waals surface area contributed by atoms with Crippen LogP contribution < -0.4 is 0 Å². The lowest BCUT2D eigenvalue weighted by atomic mass is 9.83. The Bertz CT molecular complexity index is 226. The Morgan fingerprint density at radius 1 is 1.20 bits per heavy atom. The van der Waals surface area contributed by atoms with Crippen molar-refractivity contribution in [2.75, 3.05) is 0 Å². The summed E-state index contributed by atoms with van der Waals surface area (Å²) in [7, 11) is -1.05. The van der Waals surface area contributed by atoms with Crippen LogP contribution in [-0.2, 0) is 0 Å². The second-order valence-electron chi connectivity index (χ2n) is 5.91. The molecular weight excluding hydrogens is 196 g/mol. The van der Waals surface area contributed by atoms with Crippen molar-refractivity contribution in [3.05, 3.63) is 23.9 Å². The molecule has 1 fully saturated rings. The molecule has 0 N–H and O–H groups in total. The molecule has 0 nitrogen and oxygen atoms in total. The third-order valence-corrected chi connectivity index (χ3v) is 4.36. The molecule has 0 atom stereocenters. The van der Waals surface area contributed by atoms with Crippen LogP contribution in [0.25, 0.3) is 0 Å². The Morgan fingerprint density at radius 3 is 2.27 bits per heavy atom. The van der Waals surface area contributed by atoms with Gasteiger partial charge in [0.05, 0.1) is 8.07 Å². The first-order valence-electron chi connectivity index (χ1n) is 6.35. The van der Waals surface area contributed by atoms with E-state index in [9.17, 15) is 0 Å². The standard InChI is InChI=1S/C14H26Si/c1-5-9-14(12-15(2,3)4)13-10-7-6-8-11-13/h5,12-13H,1,6-11H2,2-4H3/b14-12-. The number of hydrogen-bond acceptors (Lipinski definition) is 0. The van der Waals surface area contributed by atoms with Crippen molar-refractivity contribution in [1.29, 1.82) is 0 Å². The lowest BCUT2D eigenvalue weighted by molar-refractivity contribution is 0.399. The van der Waals surface area contributed by atoms with E-state index in [-0.39, 0.29) is 0 Å². The second-order valence-corrected chi connectivity index (χ2v) is 10.9. The SMILES string of the molecule is C=CC/C(=C/[Si](C)(C)C)C1CCCCC1. The molecule has 1 saturated carbocycles. The first kappa shape index (κ1) is 12.8. The van der Waals surface area contributed by atoms with Gasteiger partial charge in [-0.05, 0) is 25.2 Å². The molecule has 1 rings (SSSR count). The molecule has 0 spiro atoms. The molecule has 0 aromatic carbocycles. The summed E-state index contributed by atoms with van der Waals surface area (Å²) in [4.78, 5) is 0. The number of hydrogen-bond donors (Lipinski definition) is 0. The predicted molar refractivity (Wildman–Crippen MR) is 72.8 cm³/mol. The maximum absolute atomic E-state index is 3.90. The first-order valence-corrected chi connectivity index (χ1v) is 9.93. The molecule has 0 unspecified atom stereocenters. The van der Waals surface area contributed by atoms with Crippen LogP contribution in [0.5, 0.6) is 0 Å². The van der Waals surface area contributed by atoms with Gasteiger partial charge in [-0.3, -0.25) is 0 Å². The van der Waals surface area contributed by atoms with Gasteiger partial charge >= 0.3 is 0 Å². The van der Waals surface area contributed by atoms with Gasteiger partial charge in [0.25, 0.3) is 0 Å². The average molecular weight is 222 g/mol. The van der Waals surface area contributed by atoms with Crippen LogP contribution in [0, 0.1) is 5.92 Å². The fourth-order valence-corrected chi connectivity index (χ4v) is 4.01. The molecule has 15 heavy (non-hydrogen) atoms. The zero-order chi connectivity index (χ0) is 11.3. The molecule has 86 valence electrons. The van der Waals surface area contributed by atoms with Crippen molar-refractivity contribution in [1.82, 2.24) is 0 Å². The van der Waals surface area contributed by atoms with Crippen LogP contribution in [0.4, 0.5) is 0 Å². The van der Waals surface area contributed by atoms with Gasteiger partial charge in [0.1, 0.15) is 0 Å². The van der Waals surface area contributed by atoms with Gasteiger partial charge in [-0.2, -0.15) is 0 Å². The Morgan fingerprint density at radius 2 is 1.80 bits per heavy atom. The highest BCUT2D eigenvalue weighted by Crippen LogP contribution is 2.32. The molecule has 1 aliphatic rings. The molecule has 0 amide bonds. The lowest BCUT2D eigenvalue weighted by Gasteiger charge is -2.26. The number of allylic oxidation sites excluding steroid dienone is 2. The normalized spacial score (nSPS) is 20.3. The molecule has 0 aromatic heterocycles. The summed E-state index contributed by atoms with van der Waals surface area (Å²) >= 11 is 0. The molecule has 0 bridgehead atoms. The predicted octanol–water partition coefficient (Wildman–Crippen LogP) is 4.95. The van der Waals surface area contributed by atoms with Crippen LogP contribution >= 0.6 is 0 Å². The maximum Gasteiger partial charge on any atom is 0.0686 e. The first-order chi connectivity index (χ1) is 7.03. The second kappa shape index (κ2) is 5.69. The molecular formula is C14H26Si. The monoisotopic (exact) mass is 222 g/mol. The van der Waals surface area contributed by atoms with Crippen molar-refractivity contribution in [3.63, 3.8) is 0 Å². The van der Waals surface area contributed by atoms with Crippen LogP contribution in [0.15, 0.2) is 23.9 Å². The Kier molecular flexibility index (Phi) is 4.84. The summed E-state index contributed by atoms with van der Waals surface area (Å²) < 4.78 is 0. The minimum atomic E-state index is -1.05. The third-order valence-electron chi connectivity index (χ3n) is 3.13. The fourth-order valence-electron chi connectivity index (χ4n) is 2.54. The van der Waals surface area contributed by atoms with Gasteiger partial charge in [0, 0.05) is 0 Å². The Balaban J connectivity index is 2.71. The summed E-state index contributed by atoms with van der Waals surface area (Å²) in [6.07, 6.45) is 10.4. The highest BCUT2D eigenvalue weighted by Gasteiger charge is 2.19. The van der Waals surface area contributed by atoms with Gasteiger partial charge in [-0.15, -0.1) is 6.58 Å². The molecule has 0 saturated heterocycles. The number of rotatable bonds is 4. The zero-order valence-electron chi connectivity index (χ0n) is 10.7. The summed E-state index contributed by atoms with van der Waals surface area (Å²) in [5.74, 6) is 0.878. The van der Waals surface area contributed by atoms with Gasteiger partial charge < -0.3 is 0 Å². The van der Waals surface area contributed by atoms with Crippen molar-refractivity contribution in [2.45, 2.75) is 58.2 Å².